The van der Waals surface area contributed by atoms with Crippen molar-refractivity contribution in [3.05, 3.63) is 35.4 Å². The molecule has 0 spiro atoms. The van der Waals surface area contributed by atoms with E-state index < -0.39 is 30.0 Å². The van der Waals surface area contributed by atoms with Gasteiger partial charge in [-0.05, 0) is 23.5 Å². The molecule has 0 aromatic heterocycles. The van der Waals surface area contributed by atoms with Gasteiger partial charge in [0.15, 0.2) is 0 Å². The number of rotatable bonds is 3. The van der Waals surface area contributed by atoms with Crippen molar-refractivity contribution >= 4 is 0 Å². The minimum Gasteiger partial charge on any atom is -0.385 e. The van der Waals surface area contributed by atoms with Crippen molar-refractivity contribution in [2.24, 2.45) is 0 Å². The average molecular weight is 360 g/mol. The number of alkyl halides is 7. The molecule has 24 heavy (non-hydrogen) atoms. The molecule has 0 bridgehead atoms. The molecule has 1 nitrogen and oxygen atoms in total. The van der Waals surface area contributed by atoms with Crippen LogP contribution in [-0.4, -0.2) is 23.1 Å². The highest BCUT2D eigenvalue weighted by atomic mass is 19.4. The minimum absolute atomic E-state index is 0.231. The summed E-state index contributed by atoms with van der Waals surface area (Å²) in [7, 11) is 0. The smallest absolute Gasteiger partial charge is 0.385 e. The van der Waals surface area contributed by atoms with Crippen LogP contribution in [0.4, 0.5) is 30.7 Å². The molecule has 8 heteroatoms. The molecule has 1 unspecified atom stereocenters. The van der Waals surface area contributed by atoms with Crippen molar-refractivity contribution in [3.63, 3.8) is 0 Å². The normalized spacial score (nSPS) is 16.8. The number of halogens is 7. The fraction of sp³-hybridized carbons (Fsp3) is 0.625. The standard InChI is InChI=1S/C16H19F7O/c1-12(2,3)10-5-7-11(8-6-10)13(4,24)9-14(17,15(18,19)20)16(21,22)23/h5-8,24H,9H2,1-4H3. The first-order valence-corrected chi connectivity index (χ1v) is 7.07. The van der Waals surface area contributed by atoms with Crippen LogP contribution in [0.1, 0.15) is 45.2 Å². The number of benzene rings is 1. The predicted molar refractivity (Wildman–Crippen MR) is 75.3 cm³/mol. The van der Waals surface area contributed by atoms with E-state index >= 15 is 0 Å². The maximum atomic E-state index is 13.8. The van der Waals surface area contributed by atoms with Crippen LogP contribution < -0.4 is 0 Å². The van der Waals surface area contributed by atoms with E-state index in [1.165, 1.54) is 24.3 Å². The highest BCUT2D eigenvalue weighted by molar-refractivity contribution is 5.31. The van der Waals surface area contributed by atoms with E-state index in [0.717, 1.165) is 12.5 Å². The first kappa shape index (κ1) is 20.7. The molecule has 0 fully saturated rings. The van der Waals surface area contributed by atoms with Gasteiger partial charge in [-0.3, -0.25) is 0 Å². The Labute approximate surface area is 135 Å². The molecule has 1 atom stereocenters. The zero-order chi connectivity index (χ0) is 19.2. The second-order valence-corrected chi connectivity index (χ2v) is 7.07. The van der Waals surface area contributed by atoms with Crippen LogP contribution in [-0.2, 0) is 11.0 Å². The third-order valence-corrected chi connectivity index (χ3v) is 3.86. The zero-order valence-corrected chi connectivity index (χ0v) is 13.6. The third-order valence-electron chi connectivity index (χ3n) is 3.86. The molecule has 138 valence electrons. The Bertz CT molecular complexity index is 548. The van der Waals surface area contributed by atoms with Crippen LogP contribution in [0.5, 0.6) is 0 Å². The van der Waals surface area contributed by atoms with Gasteiger partial charge >= 0.3 is 18.0 Å². The van der Waals surface area contributed by atoms with Crippen molar-refractivity contribution in [1.29, 1.82) is 0 Å². The van der Waals surface area contributed by atoms with E-state index in [1.54, 1.807) is 0 Å². The summed E-state index contributed by atoms with van der Waals surface area (Å²) in [5, 5.41) is 10.1. The Morgan fingerprint density at radius 1 is 0.708 bits per heavy atom. The van der Waals surface area contributed by atoms with Crippen LogP contribution >= 0.6 is 0 Å². The Hall–Kier alpha value is -1.31. The Balaban J connectivity index is 3.24. The summed E-state index contributed by atoms with van der Waals surface area (Å²) >= 11 is 0. The maximum Gasteiger partial charge on any atom is 0.431 e. The number of aliphatic hydroxyl groups is 1. The summed E-state index contributed by atoms with van der Waals surface area (Å²) in [6.07, 6.45) is -14.6. The van der Waals surface area contributed by atoms with Gasteiger partial charge in [0.25, 0.3) is 0 Å². The molecule has 0 saturated carbocycles. The highest BCUT2D eigenvalue weighted by Gasteiger charge is 2.73. The fourth-order valence-corrected chi connectivity index (χ4v) is 2.27. The van der Waals surface area contributed by atoms with E-state index in [0.29, 0.717) is 0 Å². The van der Waals surface area contributed by atoms with Gasteiger partial charge < -0.3 is 5.11 Å². The SMILES string of the molecule is CC(C)(C)c1ccc(C(C)(O)CC(F)(C(F)(F)F)C(F)(F)F)cc1. The Morgan fingerprint density at radius 3 is 1.33 bits per heavy atom. The number of hydrogen-bond acceptors (Lipinski definition) is 1. The van der Waals surface area contributed by atoms with Crippen LogP contribution in [0.2, 0.25) is 0 Å². The third kappa shape index (κ3) is 4.02. The predicted octanol–water partition coefficient (Wildman–Crippen LogP) is 5.41. The lowest BCUT2D eigenvalue weighted by Gasteiger charge is -2.36. The Kier molecular flexibility index (Phi) is 5.09. The van der Waals surface area contributed by atoms with Gasteiger partial charge in [0.05, 0.1) is 5.60 Å². The van der Waals surface area contributed by atoms with Crippen LogP contribution in [0.3, 0.4) is 0 Å². The van der Waals surface area contributed by atoms with Gasteiger partial charge in [-0.2, -0.15) is 26.3 Å². The first-order valence-electron chi connectivity index (χ1n) is 7.07. The topological polar surface area (TPSA) is 20.2 Å². The summed E-state index contributed by atoms with van der Waals surface area (Å²) in [5.41, 5.74) is -7.93. The molecule has 0 aliphatic rings. The van der Waals surface area contributed by atoms with E-state index in [9.17, 15) is 35.8 Å². The molecular weight excluding hydrogens is 341 g/mol. The lowest BCUT2D eigenvalue weighted by Crippen LogP contribution is -2.56. The monoisotopic (exact) mass is 360 g/mol. The molecule has 0 aliphatic carbocycles. The second kappa shape index (κ2) is 5.89. The molecule has 1 rings (SSSR count). The highest BCUT2D eigenvalue weighted by Crippen LogP contribution is 2.51. The van der Waals surface area contributed by atoms with Gasteiger partial charge in [0.2, 0.25) is 0 Å². The van der Waals surface area contributed by atoms with E-state index in [1.807, 2.05) is 20.8 Å². The molecular formula is C16H19F7O. The van der Waals surface area contributed by atoms with Crippen molar-refractivity contribution in [2.75, 3.05) is 0 Å². The first-order chi connectivity index (χ1) is 10.4. The summed E-state index contributed by atoms with van der Waals surface area (Å²) in [5.74, 6) is 0. The number of hydrogen-bond donors (Lipinski definition) is 1. The van der Waals surface area contributed by atoms with Crippen LogP contribution in [0.15, 0.2) is 24.3 Å². The fourth-order valence-electron chi connectivity index (χ4n) is 2.27. The molecule has 1 N–H and O–H groups in total. The summed E-state index contributed by atoms with van der Waals surface area (Å²) in [4.78, 5) is 0. The molecule has 0 saturated heterocycles. The zero-order valence-electron chi connectivity index (χ0n) is 13.6. The van der Waals surface area contributed by atoms with Crippen LogP contribution in [0, 0.1) is 0 Å². The van der Waals surface area contributed by atoms with Gasteiger partial charge in [0, 0.05) is 6.42 Å². The molecule has 0 aliphatic heterocycles. The van der Waals surface area contributed by atoms with Crippen molar-refractivity contribution in [2.45, 2.75) is 63.2 Å². The van der Waals surface area contributed by atoms with Crippen LogP contribution in [0.25, 0.3) is 0 Å². The van der Waals surface area contributed by atoms with Crippen molar-refractivity contribution in [1.82, 2.24) is 0 Å². The van der Waals surface area contributed by atoms with Crippen molar-refractivity contribution < 1.29 is 35.8 Å². The van der Waals surface area contributed by atoms with E-state index in [-0.39, 0.29) is 11.0 Å². The maximum absolute atomic E-state index is 13.8. The van der Waals surface area contributed by atoms with E-state index in [2.05, 4.69) is 0 Å². The largest absolute Gasteiger partial charge is 0.431 e. The summed E-state index contributed by atoms with van der Waals surface area (Å²) in [6.45, 7) is 6.31. The van der Waals surface area contributed by atoms with Gasteiger partial charge in [-0.15, -0.1) is 0 Å². The van der Waals surface area contributed by atoms with Gasteiger partial charge in [-0.1, -0.05) is 45.0 Å². The molecule has 0 radical (unpaired) electrons. The van der Waals surface area contributed by atoms with Crippen molar-refractivity contribution in [3.8, 4) is 0 Å². The quantitative estimate of drug-likeness (QED) is 0.714. The molecule has 0 heterocycles. The van der Waals surface area contributed by atoms with Gasteiger partial charge in [-0.25, -0.2) is 4.39 Å². The molecule has 0 amide bonds. The lowest BCUT2D eigenvalue weighted by molar-refractivity contribution is -0.352. The summed E-state index contributed by atoms with van der Waals surface area (Å²) < 4.78 is 89.8. The molecule has 1 aromatic carbocycles. The summed E-state index contributed by atoms with van der Waals surface area (Å²) in [6, 6.07) is 5.36. The van der Waals surface area contributed by atoms with E-state index in [4.69, 9.17) is 0 Å². The second-order valence-electron chi connectivity index (χ2n) is 7.07. The van der Waals surface area contributed by atoms with Gasteiger partial charge in [0.1, 0.15) is 0 Å². The molecule has 1 aromatic rings. The lowest BCUT2D eigenvalue weighted by atomic mass is 9.81. The average Bonchev–Trinajstić information content (AvgIpc) is 2.34. The minimum atomic E-state index is -6.19. The Morgan fingerprint density at radius 2 is 1.04 bits per heavy atom.